The second kappa shape index (κ2) is 49.8. The molecule has 2 saturated heterocycles. The number of ether oxygens (including phenoxy) is 14. The molecule has 11 rings (SSSR count). The van der Waals surface area contributed by atoms with E-state index in [0.29, 0.717) is 67.9 Å². The van der Waals surface area contributed by atoms with E-state index in [2.05, 4.69) is 240 Å². The predicted molar refractivity (Wildman–Crippen MR) is 558 cm³/mol. The van der Waals surface area contributed by atoms with Crippen LogP contribution < -0.4 is 39.7 Å². The van der Waals surface area contributed by atoms with Crippen molar-refractivity contribution in [1.82, 2.24) is 0 Å². The second-order valence-corrected chi connectivity index (χ2v) is 61.3. The number of methoxy groups -OCH3 is 6. The van der Waals surface area contributed by atoms with Crippen molar-refractivity contribution >= 4 is 95.2 Å². The number of hydrogen-bond donors (Lipinski definition) is 0. The third-order valence-electron chi connectivity index (χ3n) is 24.4. The zero-order valence-electron chi connectivity index (χ0n) is 84.9. The lowest BCUT2D eigenvalue weighted by Gasteiger charge is -2.44. The Labute approximate surface area is 822 Å². The molecule has 137 heavy (non-hydrogen) atoms. The molecule has 0 aromatic heterocycles. The minimum Gasteiger partial charge on any atom is -0.497 e. The molecule has 736 valence electrons. The molecule has 9 atom stereocenters. The first-order valence-electron chi connectivity index (χ1n) is 47.5. The average molecular weight is 1960 g/mol. The maximum atomic E-state index is 14.3. The summed E-state index contributed by atoms with van der Waals surface area (Å²) >= 11 is 1.60. The van der Waals surface area contributed by atoms with E-state index in [1.54, 1.807) is 51.3 Å². The number of hydrogen-bond acceptors (Lipinski definition) is 21. The molecule has 0 amide bonds. The monoisotopic (exact) mass is 1950 g/mol. The van der Waals surface area contributed by atoms with Crippen molar-refractivity contribution in [1.29, 1.82) is 0 Å². The molecule has 0 N–H and O–H groups in total. The fourth-order valence-corrected chi connectivity index (χ4v) is 29.5. The fourth-order valence-electron chi connectivity index (χ4n) is 17.5. The van der Waals surface area contributed by atoms with E-state index < -0.39 is 105 Å². The highest BCUT2D eigenvalue weighted by Gasteiger charge is 2.54. The van der Waals surface area contributed by atoms with Crippen LogP contribution in [0.25, 0.3) is 6.08 Å². The standard InChI is InChI=1S/C59H76O10SSi2.C53H70O10Si2/c1-42(69-72(58(2,3)4,47-26-18-14-19-27-47)48-28-20-15-21-29-48)23-22-30-51(66-41-43-31-33-44(62-7)34-32-43)55-52(67-59(5,6)68-55)35-36-53(70-46-24-16-13-17-25-46)49-39-45(63-8)40-50(56(60)64-9)54(49)57(61)65-37-38-71(10,11)12;1-38(63-65(52(2,3)4,43-23-15-13-16-24-43)44-25-17-14-18-26-44)21-19-27-46(60-37-39-29-31-41(56-7)32-30-39)49-47(61-53(5,6)62-49)28-20-22-40-35-42(57-8)36-45(50(54)58-9)48(40)51(55)59-33-34-64(10,11)12/h13-22,24-34,39-40,42,51-53,55H,23,35-38,41H2,1-12H3;13-20,22-27,29-32,35-36,38,46-47,49H,21,28,33-34,37H2,1-12H3/b30-22-;22-20+,27-19-/t42-,51?,52+,53?,55-;38-,46?,47+,49-/m11/s1. The van der Waals surface area contributed by atoms with Crippen LogP contribution in [-0.4, -0.2) is 173 Å². The van der Waals surface area contributed by atoms with Gasteiger partial charge in [0.2, 0.25) is 0 Å². The highest BCUT2D eigenvalue weighted by atomic mass is 32.2. The van der Waals surface area contributed by atoms with E-state index in [0.717, 1.165) is 39.6 Å². The molecule has 0 aliphatic carbocycles. The zero-order valence-corrected chi connectivity index (χ0v) is 89.7. The first kappa shape index (κ1) is 109. The van der Waals surface area contributed by atoms with Crippen molar-refractivity contribution in [3.63, 3.8) is 0 Å². The van der Waals surface area contributed by atoms with E-state index >= 15 is 0 Å². The molecule has 9 aromatic rings. The van der Waals surface area contributed by atoms with Gasteiger partial charge in [-0.25, -0.2) is 19.2 Å². The van der Waals surface area contributed by atoms with Gasteiger partial charge in [0.25, 0.3) is 16.6 Å². The number of carbonyl (C=O) groups is 4. The molecule has 2 heterocycles. The van der Waals surface area contributed by atoms with Gasteiger partial charge in [0.05, 0.1) is 104 Å². The number of carbonyl (C=O) groups excluding carboxylic acids is 4. The summed E-state index contributed by atoms with van der Waals surface area (Å²) in [5.41, 5.74) is 3.47. The SMILES string of the molecule is COC(=O)c1cc(OC)cc(/C=C/C[C@@H]2OC(C)(C)O[C@@H]2C(/C=C\C[C@@H](C)O[Si](c2ccccc2)(c2ccccc2)C(C)(C)C)OCc2ccc(OC)cc2)c1C(=O)OCC[Si](C)(C)C.COC(=O)c1cc(OC)cc(C(CC[C@@H]2OC(C)(C)O[C@@H]2C(/C=C\C[C@@H](C)O[Si](c2ccccc2)(c2ccccc2)C(C)(C)C)OCc2ccc(OC)cc2)Sc2ccccc2)c1C(=O)OCC[Si](C)(C)C. The Morgan fingerprint density at radius 1 is 0.431 bits per heavy atom. The molecule has 0 bridgehead atoms. The molecular formula is C112H146O20SSi4. The van der Waals surface area contributed by atoms with E-state index in [1.807, 2.05) is 119 Å². The Hall–Kier alpha value is -9.82. The Morgan fingerprint density at radius 2 is 0.796 bits per heavy atom. The van der Waals surface area contributed by atoms with Crippen molar-refractivity contribution in [2.75, 3.05) is 55.9 Å². The van der Waals surface area contributed by atoms with Crippen molar-refractivity contribution in [2.24, 2.45) is 0 Å². The van der Waals surface area contributed by atoms with Crippen LogP contribution in [0, 0.1) is 0 Å². The maximum absolute atomic E-state index is 14.3. The summed E-state index contributed by atoms with van der Waals surface area (Å²) in [5, 5.41) is 4.20. The topological polar surface area (TPSA) is 216 Å². The summed E-state index contributed by atoms with van der Waals surface area (Å²) in [5.74, 6) is -2.01. The molecule has 20 nitrogen and oxygen atoms in total. The van der Waals surface area contributed by atoms with Gasteiger partial charge in [0.1, 0.15) is 47.4 Å². The van der Waals surface area contributed by atoms with Crippen molar-refractivity contribution < 1.29 is 94.3 Å². The molecule has 25 heteroatoms. The zero-order chi connectivity index (χ0) is 99.5. The van der Waals surface area contributed by atoms with Crippen LogP contribution in [0.1, 0.15) is 184 Å². The van der Waals surface area contributed by atoms with Gasteiger partial charge in [-0.15, -0.1) is 11.8 Å². The normalized spacial score (nSPS) is 17.4. The third kappa shape index (κ3) is 30.4. The fraction of sp³-hybridized carbons (Fsp3) is 0.429. The van der Waals surface area contributed by atoms with Crippen molar-refractivity contribution in [2.45, 2.75) is 260 Å². The van der Waals surface area contributed by atoms with Crippen LogP contribution >= 0.6 is 11.8 Å². The Kier molecular flexibility index (Phi) is 39.7. The molecule has 0 spiro atoms. The molecule has 2 fully saturated rings. The smallest absolute Gasteiger partial charge is 0.339 e. The predicted octanol–water partition coefficient (Wildman–Crippen LogP) is 23.0. The number of esters is 4. The van der Waals surface area contributed by atoms with Gasteiger partial charge in [0, 0.05) is 38.5 Å². The number of rotatable bonds is 45. The summed E-state index contributed by atoms with van der Waals surface area (Å²) in [6.45, 7) is 40.1. The van der Waals surface area contributed by atoms with Crippen LogP contribution in [0.15, 0.2) is 260 Å². The molecule has 0 radical (unpaired) electrons. The lowest BCUT2D eigenvalue weighted by Crippen LogP contribution is -2.67. The minimum absolute atomic E-state index is 0.0641. The summed E-state index contributed by atoms with van der Waals surface area (Å²) < 4.78 is 99.6. The van der Waals surface area contributed by atoms with Crippen LogP contribution in [-0.2, 0) is 69.4 Å². The molecule has 2 aliphatic rings. The van der Waals surface area contributed by atoms with Crippen molar-refractivity contribution in [3.05, 3.63) is 299 Å². The lowest BCUT2D eigenvalue weighted by molar-refractivity contribution is -0.157. The van der Waals surface area contributed by atoms with Gasteiger partial charge in [-0.3, -0.25) is 0 Å². The molecule has 9 aromatic carbocycles. The van der Waals surface area contributed by atoms with Crippen LogP contribution in [0.4, 0.5) is 0 Å². The quantitative estimate of drug-likeness (QED) is 0.0114. The van der Waals surface area contributed by atoms with Gasteiger partial charge in [0.15, 0.2) is 11.6 Å². The summed E-state index contributed by atoms with van der Waals surface area (Å²) in [6.07, 6.45) is 11.6. The Morgan fingerprint density at radius 3 is 1.18 bits per heavy atom. The second-order valence-electron chi connectivity index (χ2n) is 40.3. The van der Waals surface area contributed by atoms with E-state index in [-0.39, 0.29) is 63.0 Å². The van der Waals surface area contributed by atoms with E-state index in [4.69, 9.17) is 75.2 Å². The summed E-state index contributed by atoms with van der Waals surface area (Å²) in [6, 6.07) is 76.6. The average Bonchev–Trinajstić information content (AvgIpc) is 1.72. The number of thioether (sulfide) groups is 1. The van der Waals surface area contributed by atoms with Gasteiger partial charge in [-0.2, -0.15) is 0 Å². The van der Waals surface area contributed by atoms with Crippen molar-refractivity contribution in [3.8, 4) is 23.0 Å². The molecule has 2 aliphatic heterocycles. The molecule has 0 saturated carbocycles. The third-order valence-corrected chi connectivity index (χ3v) is 39.4. The Bertz CT molecular complexity index is 5320. The largest absolute Gasteiger partial charge is 0.497 e. The highest BCUT2D eigenvalue weighted by molar-refractivity contribution is 7.99. The van der Waals surface area contributed by atoms with Gasteiger partial charge < -0.3 is 75.2 Å². The minimum atomic E-state index is -2.82. The van der Waals surface area contributed by atoms with Crippen LogP contribution in [0.3, 0.4) is 0 Å². The lowest BCUT2D eigenvalue weighted by atomic mass is 9.93. The first-order valence-corrected chi connectivity index (χ1v) is 59.6. The van der Waals surface area contributed by atoms with Gasteiger partial charge in [-0.1, -0.05) is 281 Å². The summed E-state index contributed by atoms with van der Waals surface area (Å²) in [4.78, 5) is 55.6. The van der Waals surface area contributed by atoms with Crippen LogP contribution in [0.5, 0.6) is 23.0 Å². The Balaban J connectivity index is 0.000000284. The summed E-state index contributed by atoms with van der Waals surface area (Å²) in [7, 11) is 0.282. The molecular weight excluding hydrogens is 1810 g/mol. The highest BCUT2D eigenvalue weighted by Crippen LogP contribution is 2.47. The first-order chi connectivity index (χ1) is 65.1. The van der Waals surface area contributed by atoms with Gasteiger partial charge in [-0.05, 0) is 199 Å². The van der Waals surface area contributed by atoms with E-state index in [9.17, 15) is 19.2 Å². The van der Waals surface area contributed by atoms with Gasteiger partial charge >= 0.3 is 23.9 Å². The molecule has 3 unspecified atom stereocenters. The van der Waals surface area contributed by atoms with Crippen LogP contribution in [0.2, 0.25) is 61.4 Å². The number of benzene rings is 9. The van der Waals surface area contributed by atoms with E-state index in [1.165, 1.54) is 48.1 Å². The maximum Gasteiger partial charge on any atom is 0.339 e.